The number of amides is 1. The molecule has 1 atom stereocenters. The Hall–Kier alpha value is -1.58. The Labute approximate surface area is 113 Å². The Balaban J connectivity index is 2.21. The second-order valence-electron chi connectivity index (χ2n) is 3.95. The van der Waals surface area contributed by atoms with Gasteiger partial charge in [-0.15, -0.1) is 0 Å². The van der Waals surface area contributed by atoms with Gasteiger partial charge in [-0.25, -0.2) is 0 Å². The first-order valence-electron chi connectivity index (χ1n) is 5.48. The molecule has 0 radical (unpaired) electrons. The van der Waals surface area contributed by atoms with E-state index >= 15 is 0 Å². The van der Waals surface area contributed by atoms with Crippen LogP contribution in [0.3, 0.4) is 0 Å². The van der Waals surface area contributed by atoms with Crippen LogP contribution in [0.2, 0.25) is 0 Å². The molecule has 2 rings (SSSR count). The van der Waals surface area contributed by atoms with Gasteiger partial charge in [-0.3, -0.25) is 4.79 Å². The van der Waals surface area contributed by atoms with Gasteiger partial charge in [0.1, 0.15) is 0 Å². The van der Waals surface area contributed by atoms with E-state index in [0.29, 0.717) is 28.9 Å². The highest BCUT2D eigenvalue weighted by Gasteiger charge is 2.26. The van der Waals surface area contributed by atoms with Crippen LogP contribution < -0.4 is 5.73 Å². The van der Waals surface area contributed by atoms with Crippen molar-refractivity contribution in [1.29, 1.82) is 5.26 Å². The van der Waals surface area contributed by atoms with Crippen LogP contribution in [0.4, 0.5) is 5.69 Å². The molecule has 18 heavy (non-hydrogen) atoms. The predicted octanol–water partition coefficient (Wildman–Crippen LogP) is 1.40. The lowest BCUT2D eigenvalue weighted by molar-refractivity contribution is 0.00343. The molecule has 1 aromatic carbocycles. The van der Waals surface area contributed by atoms with Gasteiger partial charge in [0.05, 0.1) is 29.3 Å². The topological polar surface area (TPSA) is 79.4 Å². The summed E-state index contributed by atoms with van der Waals surface area (Å²) >= 11 is 3.31. The molecule has 1 fully saturated rings. The van der Waals surface area contributed by atoms with Crippen molar-refractivity contribution in [3.8, 4) is 6.07 Å². The second-order valence-corrected chi connectivity index (χ2v) is 4.74. The standard InChI is InChI=1S/C12H12BrN3O2/c13-11-9(2-1-3-10(11)15)12(17)16-4-5-18-8(6-14)7-16/h1-3,8H,4-5,7,15H2. The van der Waals surface area contributed by atoms with Crippen LogP contribution in [-0.4, -0.2) is 36.6 Å². The Morgan fingerprint density at radius 1 is 1.61 bits per heavy atom. The van der Waals surface area contributed by atoms with Crippen molar-refractivity contribution in [2.24, 2.45) is 0 Å². The summed E-state index contributed by atoms with van der Waals surface area (Å²) in [5.41, 5.74) is 6.77. The Morgan fingerprint density at radius 3 is 3.11 bits per heavy atom. The zero-order chi connectivity index (χ0) is 13.1. The average molecular weight is 310 g/mol. The van der Waals surface area contributed by atoms with E-state index < -0.39 is 6.10 Å². The molecule has 1 aliphatic rings. The SMILES string of the molecule is N#CC1CN(C(=O)c2cccc(N)c2Br)CCO1. The third-order valence-corrected chi connectivity index (χ3v) is 3.64. The summed E-state index contributed by atoms with van der Waals surface area (Å²) in [5.74, 6) is -0.141. The van der Waals surface area contributed by atoms with E-state index in [1.807, 2.05) is 6.07 Å². The van der Waals surface area contributed by atoms with E-state index in [-0.39, 0.29) is 12.5 Å². The van der Waals surface area contributed by atoms with E-state index in [9.17, 15) is 4.79 Å². The Kier molecular flexibility index (Phi) is 3.84. The van der Waals surface area contributed by atoms with E-state index in [1.165, 1.54) is 0 Å². The average Bonchev–Trinajstić information content (AvgIpc) is 2.41. The van der Waals surface area contributed by atoms with Gasteiger partial charge in [-0.05, 0) is 28.1 Å². The lowest BCUT2D eigenvalue weighted by Crippen LogP contribution is -2.45. The summed E-state index contributed by atoms with van der Waals surface area (Å²) in [7, 11) is 0. The zero-order valence-corrected chi connectivity index (χ0v) is 11.2. The highest BCUT2D eigenvalue weighted by atomic mass is 79.9. The predicted molar refractivity (Wildman–Crippen MR) is 69.8 cm³/mol. The smallest absolute Gasteiger partial charge is 0.255 e. The molecule has 0 saturated carbocycles. The molecule has 1 amide bonds. The lowest BCUT2D eigenvalue weighted by atomic mass is 10.1. The summed E-state index contributed by atoms with van der Waals surface area (Å²) in [4.78, 5) is 13.9. The fourth-order valence-corrected chi connectivity index (χ4v) is 2.23. The maximum absolute atomic E-state index is 12.3. The van der Waals surface area contributed by atoms with E-state index in [1.54, 1.807) is 23.1 Å². The molecule has 0 aliphatic carbocycles. The third-order valence-electron chi connectivity index (χ3n) is 2.76. The number of benzene rings is 1. The molecule has 0 aromatic heterocycles. The molecular weight excluding hydrogens is 298 g/mol. The molecule has 1 aliphatic heterocycles. The highest BCUT2D eigenvalue weighted by molar-refractivity contribution is 9.10. The molecule has 0 bridgehead atoms. The number of morpholine rings is 1. The first-order valence-corrected chi connectivity index (χ1v) is 6.27. The number of anilines is 1. The number of nitrogen functional groups attached to an aromatic ring is 1. The lowest BCUT2D eigenvalue weighted by Gasteiger charge is -2.30. The zero-order valence-electron chi connectivity index (χ0n) is 9.60. The fraction of sp³-hybridized carbons (Fsp3) is 0.333. The van der Waals surface area contributed by atoms with Crippen molar-refractivity contribution in [3.05, 3.63) is 28.2 Å². The minimum absolute atomic E-state index is 0.141. The van der Waals surface area contributed by atoms with E-state index in [2.05, 4.69) is 15.9 Å². The van der Waals surface area contributed by atoms with Gasteiger partial charge in [-0.2, -0.15) is 5.26 Å². The maximum Gasteiger partial charge on any atom is 0.255 e. The van der Waals surface area contributed by atoms with E-state index in [4.69, 9.17) is 15.7 Å². The molecule has 0 spiro atoms. The largest absolute Gasteiger partial charge is 0.398 e. The molecule has 2 N–H and O–H groups in total. The number of ether oxygens (including phenoxy) is 1. The molecule has 5 nitrogen and oxygen atoms in total. The fourth-order valence-electron chi connectivity index (χ4n) is 1.80. The summed E-state index contributed by atoms with van der Waals surface area (Å²) in [6.45, 7) is 1.15. The van der Waals surface area contributed by atoms with Gasteiger partial charge in [0, 0.05) is 12.2 Å². The molecular formula is C12H12BrN3O2. The number of carbonyl (C=O) groups excluding carboxylic acids is 1. The quantitative estimate of drug-likeness (QED) is 0.795. The van der Waals surface area contributed by atoms with Crippen molar-refractivity contribution in [2.75, 3.05) is 25.4 Å². The number of hydrogen-bond donors (Lipinski definition) is 1. The van der Waals surface area contributed by atoms with Crippen LogP contribution in [0.25, 0.3) is 0 Å². The summed E-state index contributed by atoms with van der Waals surface area (Å²) in [6.07, 6.45) is -0.553. The van der Waals surface area contributed by atoms with Crippen LogP contribution >= 0.6 is 15.9 Å². The summed E-state index contributed by atoms with van der Waals surface area (Å²) in [6, 6.07) is 7.17. The third kappa shape index (κ3) is 2.47. The van der Waals surface area contributed by atoms with Crippen LogP contribution in [0, 0.1) is 11.3 Å². The van der Waals surface area contributed by atoms with Gasteiger partial charge in [-0.1, -0.05) is 6.07 Å². The van der Waals surface area contributed by atoms with Crippen LogP contribution in [0.1, 0.15) is 10.4 Å². The van der Waals surface area contributed by atoms with Crippen molar-refractivity contribution in [2.45, 2.75) is 6.10 Å². The maximum atomic E-state index is 12.3. The number of nitrogens with two attached hydrogens (primary N) is 1. The molecule has 6 heteroatoms. The minimum atomic E-state index is -0.553. The number of halogens is 1. The number of carbonyl (C=O) groups is 1. The van der Waals surface area contributed by atoms with E-state index in [0.717, 1.165) is 0 Å². The Morgan fingerprint density at radius 2 is 2.39 bits per heavy atom. The van der Waals surface area contributed by atoms with Gasteiger partial charge >= 0.3 is 0 Å². The normalized spacial score (nSPS) is 19.3. The molecule has 1 aromatic rings. The number of rotatable bonds is 1. The summed E-state index contributed by atoms with van der Waals surface area (Å²) in [5, 5.41) is 8.82. The van der Waals surface area contributed by atoms with Gasteiger partial charge in [0.15, 0.2) is 6.10 Å². The van der Waals surface area contributed by atoms with Crippen LogP contribution in [0.15, 0.2) is 22.7 Å². The van der Waals surface area contributed by atoms with Crippen LogP contribution in [-0.2, 0) is 4.74 Å². The van der Waals surface area contributed by atoms with Crippen molar-refractivity contribution < 1.29 is 9.53 Å². The monoisotopic (exact) mass is 309 g/mol. The van der Waals surface area contributed by atoms with Crippen molar-refractivity contribution in [1.82, 2.24) is 4.90 Å². The van der Waals surface area contributed by atoms with Crippen molar-refractivity contribution in [3.63, 3.8) is 0 Å². The molecule has 1 heterocycles. The molecule has 1 saturated heterocycles. The number of nitriles is 1. The van der Waals surface area contributed by atoms with Crippen molar-refractivity contribution >= 4 is 27.5 Å². The van der Waals surface area contributed by atoms with Gasteiger partial charge < -0.3 is 15.4 Å². The first-order chi connectivity index (χ1) is 8.63. The first kappa shape index (κ1) is 12.9. The molecule has 94 valence electrons. The second kappa shape index (κ2) is 5.38. The van der Waals surface area contributed by atoms with Gasteiger partial charge in [0.25, 0.3) is 5.91 Å². The van der Waals surface area contributed by atoms with Gasteiger partial charge in [0.2, 0.25) is 0 Å². The minimum Gasteiger partial charge on any atom is -0.398 e. The molecule has 1 unspecified atom stereocenters. The highest BCUT2D eigenvalue weighted by Crippen LogP contribution is 2.25. The Bertz CT molecular complexity index is 513. The summed E-state index contributed by atoms with van der Waals surface area (Å²) < 4.78 is 5.80. The number of nitrogens with zero attached hydrogens (tertiary/aromatic N) is 2. The van der Waals surface area contributed by atoms with Crippen LogP contribution in [0.5, 0.6) is 0 Å². The number of hydrogen-bond acceptors (Lipinski definition) is 4.